The lowest BCUT2D eigenvalue weighted by atomic mass is 10.0. The Labute approximate surface area is 238 Å². The summed E-state index contributed by atoms with van der Waals surface area (Å²) in [4.78, 5) is 19.5. The summed E-state index contributed by atoms with van der Waals surface area (Å²) in [6, 6.07) is 8.46. The molecule has 12 heteroatoms. The maximum atomic E-state index is 14.8. The van der Waals surface area contributed by atoms with Crippen LogP contribution in [0.3, 0.4) is 0 Å². The van der Waals surface area contributed by atoms with E-state index < -0.39 is 39.1 Å². The number of ether oxygens (including phenoxy) is 2. The smallest absolute Gasteiger partial charge is 0.406 e. The molecule has 0 aliphatic rings. The van der Waals surface area contributed by atoms with E-state index >= 15 is 0 Å². The average Bonchev–Trinajstić information content (AvgIpc) is 3.31. The zero-order valence-electron chi connectivity index (χ0n) is 24.7. The molecule has 0 aliphatic heterocycles. The molecular weight excluding hydrogens is 548 g/mol. The SMILES string of the molecule is CC(C)(C)[Si](C)(C)OCC(Oc1cccnc1[N+](=O)[O-])c1cc(F)ccc1-c1nccn1COCC[Si](C)(C)C. The quantitative estimate of drug-likeness (QED) is 0.0884. The monoisotopic (exact) mass is 588 g/mol. The maximum absolute atomic E-state index is 14.8. The maximum Gasteiger partial charge on any atom is 0.406 e. The summed E-state index contributed by atoms with van der Waals surface area (Å²) in [6.07, 6.45) is 3.93. The number of nitro groups is 1. The molecule has 1 atom stereocenters. The number of benzene rings is 1. The fourth-order valence-electron chi connectivity index (χ4n) is 3.65. The highest BCUT2D eigenvalue weighted by atomic mass is 28.4. The topological polar surface area (TPSA) is 102 Å². The molecule has 1 unspecified atom stereocenters. The van der Waals surface area contributed by atoms with E-state index in [0.29, 0.717) is 23.6 Å². The van der Waals surface area contributed by atoms with Crippen molar-refractivity contribution in [1.29, 1.82) is 0 Å². The van der Waals surface area contributed by atoms with E-state index in [9.17, 15) is 14.5 Å². The second kappa shape index (κ2) is 12.7. The average molecular weight is 589 g/mol. The lowest BCUT2D eigenvalue weighted by molar-refractivity contribution is -0.390. The van der Waals surface area contributed by atoms with Gasteiger partial charge in [-0.25, -0.2) is 9.37 Å². The third kappa shape index (κ3) is 8.29. The standard InChI is InChI=1S/C28H41FN4O5Si2/c1-28(2,3)40(7,8)37-19-25(38-24-10-9-13-30-27(24)33(34)35)23-18-21(29)11-12-22(23)26-31-14-15-32(26)20-36-16-17-39(4,5)6/h9-15,18,25H,16-17,19-20H2,1-8H3. The Morgan fingerprint density at radius 2 is 1.82 bits per heavy atom. The van der Waals surface area contributed by atoms with Crippen molar-refractivity contribution in [3.8, 4) is 17.1 Å². The van der Waals surface area contributed by atoms with Gasteiger partial charge in [0.2, 0.25) is 5.75 Å². The van der Waals surface area contributed by atoms with Crippen LogP contribution in [0, 0.1) is 15.9 Å². The van der Waals surface area contributed by atoms with Gasteiger partial charge in [-0.1, -0.05) is 40.4 Å². The summed E-state index contributed by atoms with van der Waals surface area (Å²) in [5, 5.41) is 11.6. The first-order valence-electron chi connectivity index (χ1n) is 13.4. The number of nitrogens with zero attached hydrogens (tertiary/aromatic N) is 4. The summed E-state index contributed by atoms with van der Waals surface area (Å²) in [7, 11) is -3.51. The van der Waals surface area contributed by atoms with Gasteiger partial charge < -0.3 is 28.6 Å². The van der Waals surface area contributed by atoms with Gasteiger partial charge in [0.15, 0.2) is 8.32 Å². The third-order valence-electron chi connectivity index (χ3n) is 7.14. The first-order valence-corrected chi connectivity index (χ1v) is 20.0. The van der Waals surface area contributed by atoms with Gasteiger partial charge in [0.25, 0.3) is 0 Å². The molecule has 0 saturated heterocycles. The van der Waals surface area contributed by atoms with E-state index in [1.54, 1.807) is 18.3 Å². The van der Waals surface area contributed by atoms with Gasteiger partial charge in [-0.2, -0.15) is 0 Å². The highest BCUT2D eigenvalue weighted by Crippen LogP contribution is 2.39. The summed E-state index contributed by atoms with van der Waals surface area (Å²) in [5.41, 5.74) is 1.09. The van der Waals surface area contributed by atoms with Crippen LogP contribution in [0.4, 0.5) is 10.2 Å². The molecule has 2 heterocycles. The van der Waals surface area contributed by atoms with E-state index in [4.69, 9.17) is 13.9 Å². The number of pyridine rings is 1. The molecule has 1 aromatic carbocycles. The second-order valence-electron chi connectivity index (χ2n) is 12.6. The van der Waals surface area contributed by atoms with Crippen molar-refractivity contribution in [2.75, 3.05) is 13.2 Å². The minimum atomic E-state index is -2.26. The van der Waals surface area contributed by atoms with Crippen molar-refractivity contribution in [3.05, 3.63) is 70.4 Å². The molecule has 3 rings (SSSR count). The molecule has 0 N–H and O–H groups in total. The molecule has 0 saturated carbocycles. The Hall–Kier alpha value is -2.94. The molecule has 218 valence electrons. The molecule has 40 heavy (non-hydrogen) atoms. The van der Waals surface area contributed by atoms with E-state index in [1.165, 1.54) is 24.4 Å². The zero-order valence-corrected chi connectivity index (χ0v) is 26.7. The predicted octanol–water partition coefficient (Wildman–Crippen LogP) is 7.45. The molecular formula is C28H41FN4O5Si2. The summed E-state index contributed by atoms with van der Waals surface area (Å²) in [5.74, 6) is -0.339. The summed E-state index contributed by atoms with van der Waals surface area (Å²) >= 11 is 0. The normalized spacial score (nSPS) is 13.3. The Balaban J connectivity index is 2.02. The van der Waals surface area contributed by atoms with Crippen molar-refractivity contribution in [2.24, 2.45) is 0 Å². The molecule has 9 nitrogen and oxygen atoms in total. The Morgan fingerprint density at radius 1 is 1.10 bits per heavy atom. The largest absolute Gasteiger partial charge is 0.475 e. The van der Waals surface area contributed by atoms with Crippen LogP contribution in [0.15, 0.2) is 48.9 Å². The van der Waals surface area contributed by atoms with Crippen LogP contribution in [0.25, 0.3) is 11.4 Å². The third-order valence-corrected chi connectivity index (χ3v) is 13.3. The first kappa shape index (κ1) is 31.6. The van der Waals surface area contributed by atoms with Crippen LogP contribution < -0.4 is 4.74 Å². The van der Waals surface area contributed by atoms with E-state index in [1.807, 2.05) is 10.8 Å². The summed E-state index contributed by atoms with van der Waals surface area (Å²) in [6.45, 7) is 18.4. The Kier molecular flexibility index (Phi) is 10.0. The fourth-order valence-corrected chi connectivity index (χ4v) is 5.41. The lowest BCUT2D eigenvalue weighted by Gasteiger charge is -2.37. The number of hydrogen-bond acceptors (Lipinski definition) is 7. The van der Waals surface area contributed by atoms with Crippen LogP contribution in [0.2, 0.25) is 43.8 Å². The second-order valence-corrected chi connectivity index (χ2v) is 23.0. The number of imidazole rings is 1. The molecule has 2 aromatic heterocycles. The summed E-state index contributed by atoms with van der Waals surface area (Å²) < 4.78 is 35.3. The van der Waals surface area contributed by atoms with Crippen molar-refractivity contribution in [1.82, 2.24) is 14.5 Å². The predicted molar refractivity (Wildman–Crippen MR) is 159 cm³/mol. The highest BCUT2D eigenvalue weighted by molar-refractivity contribution is 6.76. The number of halogens is 1. The minimum Gasteiger partial charge on any atom is -0.475 e. The highest BCUT2D eigenvalue weighted by Gasteiger charge is 2.38. The molecule has 0 fully saturated rings. The zero-order chi connectivity index (χ0) is 29.7. The molecule has 0 aliphatic carbocycles. The Morgan fingerprint density at radius 3 is 2.48 bits per heavy atom. The molecule has 0 radical (unpaired) electrons. The van der Waals surface area contributed by atoms with Gasteiger partial charge in [-0.05, 0) is 64.4 Å². The van der Waals surface area contributed by atoms with Crippen molar-refractivity contribution >= 4 is 22.2 Å². The van der Waals surface area contributed by atoms with Gasteiger partial charge in [0.05, 0.1) is 6.61 Å². The Bertz CT molecular complexity index is 1300. The number of rotatable bonds is 13. The van der Waals surface area contributed by atoms with Gasteiger partial charge in [-0.3, -0.25) is 0 Å². The van der Waals surface area contributed by atoms with Crippen molar-refractivity contribution in [3.63, 3.8) is 0 Å². The van der Waals surface area contributed by atoms with Gasteiger partial charge >= 0.3 is 5.82 Å². The van der Waals surface area contributed by atoms with E-state index in [2.05, 4.69) is 63.5 Å². The van der Waals surface area contributed by atoms with Crippen molar-refractivity contribution < 1.29 is 23.2 Å². The first-order chi connectivity index (χ1) is 18.6. The van der Waals surface area contributed by atoms with Gasteiger partial charge in [-0.15, -0.1) is 0 Å². The number of hydrogen-bond donors (Lipinski definition) is 0. The van der Waals surface area contributed by atoms with E-state index in [0.717, 1.165) is 6.04 Å². The van der Waals surface area contributed by atoms with Crippen LogP contribution >= 0.6 is 0 Å². The van der Waals surface area contributed by atoms with E-state index in [-0.39, 0.29) is 24.1 Å². The van der Waals surface area contributed by atoms with Crippen LogP contribution in [0.5, 0.6) is 5.75 Å². The van der Waals surface area contributed by atoms with Crippen LogP contribution in [-0.2, 0) is 15.9 Å². The van der Waals surface area contributed by atoms with Crippen LogP contribution in [0.1, 0.15) is 32.4 Å². The minimum absolute atomic E-state index is 0.0236. The van der Waals surface area contributed by atoms with Crippen molar-refractivity contribution in [2.45, 2.75) is 77.4 Å². The van der Waals surface area contributed by atoms with Crippen LogP contribution in [-0.4, -0.2) is 49.1 Å². The fraction of sp³-hybridized carbons (Fsp3) is 0.500. The lowest BCUT2D eigenvalue weighted by Crippen LogP contribution is -2.42. The molecule has 0 spiro atoms. The molecule has 0 amide bonds. The van der Waals surface area contributed by atoms with Gasteiger partial charge in [0.1, 0.15) is 30.7 Å². The molecule has 0 bridgehead atoms. The molecule has 3 aromatic rings. The number of aromatic nitrogens is 3. The van der Waals surface area contributed by atoms with Gasteiger partial charge in [0, 0.05) is 38.2 Å².